The number of nitrogens with one attached hydrogen (secondary N) is 2. The predicted molar refractivity (Wildman–Crippen MR) is 73.2 cm³/mol. The number of aromatic nitrogens is 3. The third-order valence-electron chi connectivity index (χ3n) is 2.90. The summed E-state index contributed by atoms with van der Waals surface area (Å²) in [5.41, 5.74) is 1.11. The lowest BCUT2D eigenvalue weighted by atomic mass is 10.1. The van der Waals surface area contributed by atoms with Crippen LogP contribution in [-0.4, -0.2) is 34.7 Å². The average molecular weight is 310 g/mol. The van der Waals surface area contributed by atoms with Crippen molar-refractivity contribution in [1.29, 1.82) is 0 Å². The molecule has 2 aromatic rings. The second-order valence-corrected chi connectivity index (χ2v) is 5.91. The van der Waals surface area contributed by atoms with Crippen molar-refractivity contribution in [3.05, 3.63) is 41.3 Å². The van der Waals surface area contributed by atoms with Crippen molar-refractivity contribution in [2.24, 2.45) is 0 Å². The van der Waals surface area contributed by atoms with Crippen molar-refractivity contribution in [3.63, 3.8) is 0 Å². The highest BCUT2D eigenvalue weighted by Crippen LogP contribution is 2.13. The molecule has 112 valence electrons. The molecule has 3 N–H and O–H groups in total. The van der Waals surface area contributed by atoms with E-state index in [1.165, 1.54) is 0 Å². The molecule has 0 aliphatic carbocycles. The molecule has 0 aliphatic rings. The van der Waals surface area contributed by atoms with Gasteiger partial charge in [-0.25, -0.2) is 17.9 Å². The van der Waals surface area contributed by atoms with Crippen LogP contribution in [-0.2, 0) is 23.0 Å². The second kappa shape index (κ2) is 6.02. The second-order valence-electron chi connectivity index (χ2n) is 4.21. The highest BCUT2D eigenvalue weighted by atomic mass is 32.2. The minimum Gasteiger partial charge on any atom is -0.478 e. The number of hydrogen-bond acceptors (Lipinski definition) is 5. The Morgan fingerprint density at radius 3 is 2.90 bits per heavy atom. The van der Waals surface area contributed by atoms with E-state index in [9.17, 15) is 13.2 Å². The van der Waals surface area contributed by atoms with Crippen LogP contribution in [0.2, 0.25) is 0 Å². The third kappa shape index (κ3) is 3.26. The molecule has 2 rings (SSSR count). The van der Waals surface area contributed by atoms with Crippen LogP contribution in [0, 0.1) is 0 Å². The number of carboxylic acid groups (broad SMARTS) is 1. The lowest BCUT2D eigenvalue weighted by molar-refractivity contribution is 0.0692. The Morgan fingerprint density at radius 1 is 1.48 bits per heavy atom. The van der Waals surface area contributed by atoms with Crippen LogP contribution in [0.3, 0.4) is 0 Å². The van der Waals surface area contributed by atoms with Crippen molar-refractivity contribution in [3.8, 4) is 0 Å². The number of H-pyrrole nitrogens is 1. The Hall–Kier alpha value is -2.26. The molecule has 0 radical (unpaired) electrons. The molecular formula is C12H14N4O4S. The number of rotatable bonds is 6. The van der Waals surface area contributed by atoms with Crippen LogP contribution >= 0.6 is 0 Å². The standard InChI is InChI=1S/C12H14N4O4S/c1-2-8-4-3-5-13-10(8)7-15-21(19,20)11-9(12(17)18)6-14-16-11/h3-6,15H,2,7H2,1H3,(H,14,16)(H,17,18). The fraction of sp³-hybridized carbons (Fsp3) is 0.250. The number of nitrogens with zero attached hydrogens (tertiary/aromatic N) is 2. The van der Waals surface area contributed by atoms with E-state index in [4.69, 9.17) is 5.11 Å². The number of carbonyl (C=O) groups is 1. The molecular weight excluding hydrogens is 296 g/mol. The van der Waals surface area contributed by atoms with Crippen molar-refractivity contribution in [2.75, 3.05) is 0 Å². The number of aromatic amines is 1. The van der Waals surface area contributed by atoms with Crippen molar-refractivity contribution in [1.82, 2.24) is 19.9 Å². The summed E-state index contributed by atoms with van der Waals surface area (Å²) in [4.78, 5) is 15.1. The summed E-state index contributed by atoms with van der Waals surface area (Å²) in [6.07, 6.45) is 3.24. The zero-order valence-electron chi connectivity index (χ0n) is 11.2. The maximum absolute atomic E-state index is 12.1. The quantitative estimate of drug-likeness (QED) is 0.715. The van der Waals surface area contributed by atoms with E-state index in [2.05, 4.69) is 19.9 Å². The third-order valence-corrected chi connectivity index (χ3v) is 4.27. The number of hydrogen-bond donors (Lipinski definition) is 3. The molecule has 0 saturated heterocycles. The Labute approximate surface area is 121 Å². The van der Waals surface area contributed by atoms with E-state index in [0.29, 0.717) is 5.69 Å². The van der Waals surface area contributed by atoms with Crippen LogP contribution < -0.4 is 4.72 Å². The minimum atomic E-state index is -4.00. The molecule has 0 fully saturated rings. The molecule has 0 atom stereocenters. The fourth-order valence-electron chi connectivity index (χ4n) is 1.82. The molecule has 9 heteroatoms. The van der Waals surface area contributed by atoms with Crippen LogP contribution in [0.1, 0.15) is 28.5 Å². The normalized spacial score (nSPS) is 11.5. The van der Waals surface area contributed by atoms with Crippen molar-refractivity contribution < 1.29 is 18.3 Å². The molecule has 2 aromatic heterocycles. The van der Waals surface area contributed by atoms with Gasteiger partial charge in [-0.3, -0.25) is 10.1 Å². The first kappa shape index (κ1) is 15.1. The highest BCUT2D eigenvalue weighted by Gasteiger charge is 2.24. The summed E-state index contributed by atoms with van der Waals surface area (Å²) in [5, 5.41) is 14.1. The first-order valence-electron chi connectivity index (χ1n) is 6.14. The van der Waals surface area contributed by atoms with E-state index >= 15 is 0 Å². The van der Waals surface area contributed by atoms with Gasteiger partial charge in [0, 0.05) is 6.20 Å². The molecule has 0 aliphatic heterocycles. The highest BCUT2D eigenvalue weighted by molar-refractivity contribution is 7.89. The van der Waals surface area contributed by atoms with Gasteiger partial charge >= 0.3 is 5.97 Å². The lowest BCUT2D eigenvalue weighted by Crippen LogP contribution is -2.26. The molecule has 0 saturated carbocycles. The molecule has 0 unspecified atom stereocenters. The van der Waals surface area contributed by atoms with Gasteiger partial charge in [0.2, 0.25) is 0 Å². The SMILES string of the molecule is CCc1cccnc1CNS(=O)(=O)c1[nH]ncc1C(=O)O. The maximum atomic E-state index is 12.1. The van der Waals surface area contributed by atoms with Crippen molar-refractivity contribution in [2.45, 2.75) is 24.9 Å². The molecule has 0 amide bonds. The fourth-order valence-corrected chi connectivity index (χ4v) is 2.89. The Bertz CT molecular complexity index is 754. The van der Waals surface area contributed by atoms with Gasteiger partial charge in [-0.05, 0) is 18.1 Å². The summed E-state index contributed by atoms with van der Waals surface area (Å²) >= 11 is 0. The van der Waals surface area contributed by atoms with Crippen LogP contribution in [0.5, 0.6) is 0 Å². The molecule has 0 spiro atoms. The lowest BCUT2D eigenvalue weighted by Gasteiger charge is -2.08. The monoisotopic (exact) mass is 310 g/mol. The van der Waals surface area contributed by atoms with Gasteiger partial charge in [0.05, 0.1) is 18.4 Å². The summed E-state index contributed by atoms with van der Waals surface area (Å²) in [6.45, 7) is 1.91. The van der Waals surface area contributed by atoms with Gasteiger partial charge < -0.3 is 5.11 Å². The molecule has 8 nitrogen and oxygen atoms in total. The van der Waals surface area contributed by atoms with Crippen LogP contribution in [0.4, 0.5) is 0 Å². The topological polar surface area (TPSA) is 125 Å². The number of carboxylic acids is 1. The van der Waals surface area contributed by atoms with Gasteiger partial charge in [-0.1, -0.05) is 13.0 Å². The summed E-state index contributed by atoms with van der Waals surface area (Å²) in [5.74, 6) is -1.36. The Kier molecular flexibility index (Phi) is 4.34. The van der Waals surface area contributed by atoms with E-state index < -0.39 is 26.6 Å². The smallest absolute Gasteiger partial charge is 0.340 e. The first-order valence-corrected chi connectivity index (χ1v) is 7.63. The zero-order chi connectivity index (χ0) is 15.5. The summed E-state index contributed by atoms with van der Waals surface area (Å²) in [7, 11) is -4.00. The maximum Gasteiger partial charge on any atom is 0.340 e. The van der Waals surface area contributed by atoms with Crippen molar-refractivity contribution >= 4 is 16.0 Å². The van der Waals surface area contributed by atoms with Gasteiger partial charge in [-0.15, -0.1) is 0 Å². The average Bonchev–Trinajstić information content (AvgIpc) is 2.96. The van der Waals surface area contributed by atoms with Gasteiger partial charge in [0.15, 0.2) is 5.03 Å². The predicted octanol–water partition coefficient (Wildman–Crippen LogP) is 0.544. The first-order chi connectivity index (χ1) is 9.95. The van der Waals surface area contributed by atoms with Crippen LogP contribution in [0.25, 0.3) is 0 Å². The summed E-state index contributed by atoms with van der Waals surface area (Å²) in [6, 6.07) is 3.63. The van der Waals surface area contributed by atoms with E-state index in [1.54, 1.807) is 12.3 Å². The van der Waals surface area contributed by atoms with E-state index in [-0.39, 0.29) is 6.54 Å². The number of sulfonamides is 1. The van der Waals surface area contributed by atoms with Gasteiger partial charge in [0.25, 0.3) is 10.0 Å². The van der Waals surface area contributed by atoms with E-state index in [0.717, 1.165) is 18.2 Å². The van der Waals surface area contributed by atoms with Gasteiger partial charge in [-0.2, -0.15) is 5.10 Å². The molecule has 0 aromatic carbocycles. The molecule has 21 heavy (non-hydrogen) atoms. The Balaban J connectivity index is 2.22. The zero-order valence-corrected chi connectivity index (χ0v) is 12.0. The van der Waals surface area contributed by atoms with E-state index in [1.807, 2.05) is 13.0 Å². The van der Waals surface area contributed by atoms with Gasteiger partial charge in [0.1, 0.15) is 5.56 Å². The Morgan fingerprint density at radius 2 is 2.24 bits per heavy atom. The molecule has 2 heterocycles. The van der Waals surface area contributed by atoms with Crippen LogP contribution in [0.15, 0.2) is 29.6 Å². The largest absolute Gasteiger partial charge is 0.478 e. The number of aryl methyl sites for hydroxylation is 1. The molecule has 0 bridgehead atoms. The summed E-state index contributed by atoms with van der Waals surface area (Å²) < 4.78 is 26.6. The minimum absolute atomic E-state index is 0.0234. The number of pyridine rings is 1. The number of aromatic carboxylic acids is 1.